The van der Waals surface area contributed by atoms with Crippen LogP contribution in [0.5, 0.6) is 0 Å². The second-order valence-electron chi connectivity index (χ2n) is 6.80. The number of anilines is 1. The predicted molar refractivity (Wildman–Crippen MR) is 84.1 cm³/mol. The highest BCUT2D eigenvalue weighted by Crippen LogP contribution is 2.41. The van der Waals surface area contributed by atoms with Crippen molar-refractivity contribution in [3.05, 3.63) is 29.8 Å². The zero-order valence-electron chi connectivity index (χ0n) is 13.3. The Labute approximate surface area is 130 Å². The van der Waals surface area contributed by atoms with E-state index in [0.29, 0.717) is 18.5 Å². The standard InChI is InChI=1S/C17H23NO4/c1-16(2,3)22-15(21)18-13-8-6-12(7-9-13)17(14(19)20)10-4-5-11-17/h6-9H,4-5,10-11H2,1-3H3,(H,18,21)(H,19,20). The van der Waals surface area contributed by atoms with Gasteiger partial charge in [-0.3, -0.25) is 10.1 Å². The number of carboxylic acids is 1. The summed E-state index contributed by atoms with van der Waals surface area (Å²) >= 11 is 0. The lowest BCUT2D eigenvalue weighted by atomic mass is 9.79. The van der Waals surface area contributed by atoms with Crippen LogP contribution >= 0.6 is 0 Å². The molecule has 1 aliphatic carbocycles. The first-order valence-corrected chi connectivity index (χ1v) is 7.57. The first-order valence-electron chi connectivity index (χ1n) is 7.57. The first-order chi connectivity index (χ1) is 10.2. The minimum atomic E-state index is -0.773. The van der Waals surface area contributed by atoms with Crippen molar-refractivity contribution in [2.75, 3.05) is 5.32 Å². The van der Waals surface area contributed by atoms with Gasteiger partial charge < -0.3 is 9.84 Å². The summed E-state index contributed by atoms with van der Waals surface area (Å²) in [5.41, 5.74) is 0.0647. The Kier molecular flexibility index (Phi) is 4.44. The van der Waals surface area contributed by atoms with Gasteiger partial charge in [0.1, 0.15) is 5.60 Å². The number of benzene rings is 1. The lowest BCUT2D eigenvalue weighted by molar-refractivity contribution is -0.143. The van der Waals surface area contributed by atoms with Crippen LogP contribution in [0.15, 0.2) is 24.3 Å². The molecule has 2 rings (SSSR count). The fraction of sp³-hybridized carbons (Fsp3) is 0.529. The van der Waals surface area contributed by atoms with Gasteiger partial charge in [0, 0.05) is 5.69 Å². The number of hydrogen-bond acceptors (Lipinski definition) is 3. The van der Waals surface area contributed by atoms with E-state index in [9.17, 15) is 14.7 Å². The smallest absolute Gasteiger partial charge is 0.412 e. The highest BCUT2D eigenvalue weighted by atomic mass is 16.6. The molecule has 1 aromatic rings. The van der Waals surface area contributed by atoms with Crippen LogP contribution in [0.2, 0.25) is 0 Å². The molecule has 0 heterocycles. The molecule has 120 valence electrons. The van der Waals surface area contributed by atoms with Gasteiger partial charge >= 0.3 is 12.1 Å². The molecule has 0 aliphatic heterocycles. The molecule has 0 spiro atoms. The van der Waals surface area contributed by atoms with Gasteiger partial charge in [-0.2, -0.15) is 0 Å². The van der Waals surface area contributed by atoms with Crippen LogP contribution in [0.25, 0.3) is 0 Å². The molecule has 0 saturated heterocycles. The highest BCUT2D eigenvalue weighted by Gasteiger charge is 2.42. The summed E-state index contributed by atoms with van der Waals surface area (Å²) in [6.45, 7) is 5.39. The van der Waals surface area contributed by atoms with Gasteiger partial charge in [0.25, 0.3) is 0 Å². The summed E-state index contributed by atoms with van der Waals surface area (Å²) in [5, 5.41) is 12.2. The minimum Gasteiger partial charge on any atom is -0.481 e. The third-order valence-electron chi connectivity index (χ3n) is 3.95. The molecule has 5 nitrogen and oxygen atoms in total. The lowest BCUT2D eigenvalue weighted by Crippen LogP contribution is -2.32. The van der Waals surface area contributed by atoms with Crippen LogP contribution < -0.4 is 5.32 Å². The summed E-state index contributed by atoms with van der Waals surface area (Å²) in [4.78, 5) is 23.4. The van der Waals surface area contributed by atoms with E-state index < -0.39 is 23.1 Å². The SMILES string of the molecule is CC(C)(C)OC(=O)Nc1ccc(C2(C(=O)O)CCCC2)cc1. The average Bonchev–Trinajstić information content (AvgIpc) is 2.87. The molecule has 2 N–H and O–H groups in total. The number of hydrogen-bond donors (Lipinski definition) is 2. The summed E-state index contributed by atoms with van der Waals surface area (Å²) in [6, 6.07) is 7.02. The van der Waals surface area contributed by atoms with Crippen molar-refractivity contribution in [2.45, 2.75) is 57.5 Å². The van der Waals surface area contributed by atoms with Crippen molar-refractivity contribution >= 4 is 17.7 Å². The van der Waals surface area contributed by atoms with Gasteiger partial charge in [0.15, 0.2) is 0 Å². The molecule has 5 heteroatoms. The van der Waals surface area contributed by atoms with Crippen molar-refractivity contribution in [1.82, 2.24) is 0 Å². The van der Waals surface area contributed by atoms with E-state index in [1.807, 2.05) is 0 Å². The van der Waals surface area contributed by atoms with E-state index in [0.717, 1.165) is 18.4 Å². The summed E-state index contributed by atoms with van der Waals surface area (Å²) in [7, 11) is 0. The Balaban J connectivity index is 2.10. The Hall–Kier alpha value is -2.04. The third kappa shape index (κ3) is 3.59. The van der Waals surface area contributed by atoms with Crippen LogP contribution in [0.1, 0.15) is 52.0 Å². The normalized spacial score (nSPS) is 17.0. The topological polar surface area (TPSA) is 75.6 Å². The monoisotopic (exact) mass is 305 g/mol. The number of carbonyl (C=O) groups is 2. The minimum absolute atomic E-state index is 0.519. The molecule has 1 amide bonds. The quantitative estimate of drug-likeness (QED) is 0.887. The number of carboxylic acid groups (broad SMARTS) is 1. The predicted octanol–water partition coefficient (Wildman–Crippen LogP) is 3.93. The van der Waals surface area contributed by atoms with Crippen molar-refractivity contribution in [3.63, 3.8) is 0 Å². The Morgan fingerprint density at radius 1 is 1.14 bits per heavy atom. The molecule has 0 aromatic heterocycles. The number of carbonyl (C=O) groups excluding carboxylic acids is 1. The molecule has 0 radical (unpaired) electrons. The second kappa shape index (κ2) is 5.99. The van der Waals surface area contributed by atoms with Gasteiger partial charge in [0.2, 0.25) is 0 Å². The molecule has 22 heavy (non-hydrogen) atoms. The van der Waals surface area contributed by atoms with E-state index >= 15 is 0 Å². The Morgan fingerprint density at radius 2 is 1.68 bits per heavy atom. The Morgan fingerprint density at radius 3 is 2.14 bits per heavy atom. The van der Waals surface area contributed by atoms with Crippen LogP contribution in [-0.2, 0) is 14.9 Å². The van der Waals surface area contributed by atoms with Gasteiger partial charge in [0.05, 0.1) is 5.41 Å². The number of rotatable bonds is 3. The summed E-state index contributed by atoms with van der Waals surface area (Å²) in [5.74, 6) is -0.766. The average molecular weight is 305 g/mol. The third-order valence-corrected chi connectivity index (χ3v) is 3.95. The molecule has 1 aliphatic rings. The zero-order valence-corrected chi connectivity index (χ0v) is 13.3. The van der Waals surface area contributed by atoms with Crippen molar-refractivity contribution in [1.29, 1.82) is 0 Å². The molecule has 0 atom stereocenters. The number of nitrogens with one attached hydrogen (secondary N) is 1. The van der Waals surface area contributed by atoms with Crippen molar-refractivity contribution in [3.8, 4) is 0 Å². The molecule has 1 saturated carbocycles. The molecule has 1 aromatic carbocycles. The van der Waals surface area contributed by atoms with E-state index in [-0.39, 0.29) is 0 Å². The van der Waals surface area contributed by atoms with Crippen molar-refractivity contribution in [2.24, 2.45) is 0 Å². The van der Waals surface area contributed by atoms with E-state index in [2.05, 4.69) is 5.32 Å². The number of amides is 1. The highest BCUT2D eigenvalue weighted by molar-refractivity contribution is 5.85. The van der Waals surface area contributed by atoms with E-state index in [1.165, 1.54) is 0 Å². The summed E-state index contributed by atoms with van der Waals surface area (Å²) < 4.78 is 5.19. The Bertz CT molecular complexity index is 551. The maximum atomic E-state index is 11.7. The molecule has 0 bridgehead atoms. The van der Waals surface area contributed by atoms with E-state index in [1.54, 1.807) is 45.0 Å². The maximum absolute atomic E-state index is 11.7. The van der Waals surface area contributed by atoms with Gasteiger partial charge in [-0.05, 0) is 51.3 Å². The fourth-order valence-corrected chi connectivity index (χ4v) is 2.90. The zero-order chi connectivity index (χ0) is 16.4. The largest absolute Gasteiger partial charge is 0.481 e. The first kappa shape index (κ1) is 16.3. The molecule has 0 unspecified atom stereocenters. The maximum Gasteiger partial charge on any atom is 0.412 e. The van der Waals surface area contributed by atoms with Crippen LogP contribution in [0, 0.1) is 0 Å². The van der Waals surface area contributed by atoms with Gasteiger partial charge in [-0.15, -0.1) is 0 Å². The van der Waals surface area contributed by atoms with E-state index in [4.69, 9.17) is 4.74 Å². The number of aliphatic carboxylic acids is 1. The van der Waals surface area contributed by atoms with Crippen LogP contribution in [0.3, 0.4) is 0 Å². The summed E-state index contributed by atoms with van der Waals surface area (Å²) in [6.07, 6.45) is 2.69. The van der Waals surface area contributed by atoms with Gasteiger partial charge in [-0.1, -0.05) is 25.0 Å². The fourth-order valence-electron chi connectivity index (χ4n) is 2.90. The molecular formula is C17H23NO4. The molecular weight excluding hydrogens is 282 g/mol. The second-order valence-corrected chi connectivity index (χ2v) is 6.80. The van der Waals surface area contributed by atoms with Crippen LogP contribution in [-0.4, -0.2) is 22.8 Å². The van der Waals surface area contributed by atoms with Crippen molar-refractivity contribution < 1.29 is 19.4 Å². The lowest BCUT2D eigenvalue weighted by Gasteiger charge is -2.24. The molecule has 1 fully saturated rings. The van der Waals surface area contributed by atoms with Gasteiger partial charge in [-0.25, -0.2) is 4.79 Å². The number of ether oxygens (including phenoxy) is 1. The van der Waals surface area contributed by atoms with Crippen LogP contribution in [0.4, 0.5) is 10.5 Å².